The van der Waals surface area contributed by atoms with Crippen LogP contribution in [0, 0.1) is 5.82 Å². The molecule has 0 unspecified atom stereocenters. The molecule has 0 radical (unpaired) electrons. The number of hydrogen-bond acceptors (Lipinski definition) is 5. The fourth-order valence-corrected chi connectivity index (χ4v) is 5.47. The van der Waals surface area contributed by atoms with Gasteiger partial charge >= 0.3 is 12.3 Å². The van der Waals surface area contributed by atoms with Crippen LogP contribution in [0.15, 0.2) is 42.5 Å². The number of sulfonamides is 1. The van der Waals surface area contributed by atoms with E-state index < -0.39 is 33.7 Å². The number of alkyl halides is 3. The summed E-state index contributed by atoms with van der Waals surface area (Å²) in [6, 6.07) is 7.84. The summed E-state index contributed by atoms with van der Waals surface area (Å²) in [5.41, 5.74) is -1.29. The maximum atomic E-state index is 14.1. The van der Waals surface area contributed by atoms with Crippen molar-refractivity contribution in [3.8, 4) is 0 Å². The average molecular weight is 518 g/mol. The van der Waals surface area contributed by atoms with Gasteiger partial charge in [0.1, 0.15) is 5.82 Å². The molecule has 2 aromatic rings. The van der Waals surface area contributed by atoms with E-state index in [2.05, 4.69) is 0 Å². The minimum Gasteiger partial charge on any atom is -0.450 e. The van der Waals surface area contributed by atoms with E-state index in [1.807, 2.05) is 0 Å². The van der Waals surface area contributed by atoms with Crippen molar-refractivity contribution < 1.29 is 35.5 Å². The number of rotatable bonds is 7. The van der Waals surface area contributed by atoms with Gasteiger partial charge in [0.25, 0.3) is 0 Å². The lowest BCUT2D eigenvalue weighted by Gasteiger charge is -2.37. The molecule has 0 aliphatic carbocycles. The van der Waals surface area contributed by atoms with Crippen molar-refractivity contribution in [2.45, 2.75) is 26.4 Å². The zero-order valence-corrected chi connectivity index (χ0v) is 20.2. The van der Waals surface area contributed by atoms with Crippen molar-refractivity contribution in [1.82, 2.24) is 4.90 Å². The van der Waals surface area contributed by atoms with Gasteiger partial charge < -0.3 is 14.5 Å². The fourth-order valence-electron chi connectivity index (χ4n) is 3.89. The second kappa shape index (κ2) is 10.7. The van der Waals surface area contributed by atoms with Crippen LogP contribution >= 0.6 is 0 Å². The van der Waals surface area contributed by atoms with Crippen LogP contribution in [-0.2, 0) is 20.9 Å². The second-order valence-corrected chi connectivity index (χ2v) is 9.87. The third-order valence-corrected chi connectivity index (χ3v) is 7.37. The van der Waals surface area contributed by atoms with Crippen LogP contribution < -0.4 is 9.21 Å². The number of piperazine rings is 1. The quantitative estimate of drug-likeness (QED) is 0.484. The topological polar surface area (TPSA) is 70.2 Å². The molecule has 0 saturated carbocycles. The molecule has 1 fully saturated rings. The van der Waals surface area contributed by atoms with Gasteiger partial charge in [0.2, 0.25) is 10.0 Å². The van der Waals surface area contributed by atoms with Crippen LogP contribution in [0.5, 0.6) is 0 Å². The minimum absolute atomic E-state index is 0.0313. The lowest BCUT2D eigenvalue weighted by atomic mass is 10.1. The SMILES string of the molecule is CCCS(=O)(=O)N(c1ccc(F)cc1)c1ccc(N2CCN(C(=O)OCC)CC2)c(C(F)(F)F)c1. The van der Waals surface area contributed by atoms with Crippen molar-refractivity contribution >= 4 is 33.2 Å². The predicted molar refractivity (Wildman–Crippen MR) is 125 cm³/mol. The molecule has 1 aliphatic heterocycles. The third kappa shape index (κ3) is 6.16. The summed E-state index contributed by atoms with van der Waals surface area (Å²) in [5.74, 6) is -0.904. The first kappa shape index (κ1) is 26.6. The molecule has 1 aliphatic rings. The summed E-state index contributed by atoms with van der Waals surface area (Å²) < 4.78 is 87.6. The lowest BCUT2D eigenvalue weighted by Crippen LogP contribution is -2.49. The van der Waals surface area contributed by atoms with Crippen LogP contribution in [0.25, 0.3) is 0 Å². The number of carbonyl (C=O) groups excluding carboxylic acids is 1. The van der Waals surface area contributed by atoms with Crippen LogP contribution in [0.2, 0.25) is 0 Å². The molecule has 0 spiro atoms. The normalized spacial score (nSPS) is 14.7. The standard InChI is InChI=1S/C23H27F4N3O4S/c1-3-15-35(32,33)30(18-7-5-17(24)6-8-18)19-9-10-21(20(16-19)23(25,26)27)28-11-13-29(14-12-28)22(31)34-4-2/h5-10,16H,3-4,11-15H2,1-2H3. The van der Waals surface area contributed by atoms with Gasteiger partial charge in [-0.3, -0.25) is 0 Å². The number of anilines is 3. The number of carbonyl (C=O) groups is 1. The molecule has 7 nitrogen and oxygen atoms in total. The largest absolute Gasteiger partial charge is 0.450 e. The summed E-state index contributed by atoms with van der Waals surface area (Å²) in [6.45, 7) is 4.18. The van der Waals surface area contributed by atoms with E-state index in [0.717, 1.165) is 22.5 Å². The highest BCUT2D eigenvalue weighted by atomic mass is 32.2. The first-order valence-electron chi connectivity index (χ1n) is 11.1. The molecule has 2 aromatic carbocycles. The van der Waals surface area contributed by atoms with E-state index in [4.69, 9.17) is 4.74 Å². The van der Waals surface area contributed by atoms with Gasteiger partial charge in [0.05, 0.1) is 29.3 Å². The predicted octanol–water partition coefficient (Wildman–Crippen LogP) is 5.00. The Balaban J connectivity index is 2.01. The van der Waals surface area contributed by atoms with Crippen LogP contribution in [0.4, 0.5) is 39.4 Å². The Kier molecular flexibility index (Phi) is 8.14. The Hall–Kier alpha value is -3.02. The summed E-state index contributed by atoms with van der Waals surface area (Å²) in [5, 5.41) is 0. The van der Waals surface area contributed by atoms with E-state index in [0.29, 0.717) is 0 Å². The lowest BCUT2D eigenvalue weighted by molar-refractivity contribution is -0.137. The van der Waals surface area contributed by atoms with E-state index >= 15 is 0 Å². The molecule has 1 amide bonds. The Morgan fingerprint density at radius 3 is 2.14 bits per heavy atom. The number of nitrogens with zero attached hydrogens (tertiary/aromatic N) is 3. The van der Waals surface area contributed by atoms with Gasteiger partial charge in [-0.25, -0.2) is 21.9 Å². The van der Waals surface area contributed by atoms with E-state index in [-0.39, 0.29) is 62.0 Å². The van der Waals surface area contributed by atoms with Crippen molar-refractivity contribution in [1.29, 1.82) is 0 Å². The summed E-state index contributed by atoms with van der Waals surface area (Å²) in [7, 11) is -4.04. The maximum absolute atomic E-state index is 14.1. The van der Waals surface area contributed by atoms with E-state index in [1.54, 1.807) is 13.8 Å². The van der Waals surface area contributed by atoms with Crippen molar-refractivity contribution in [2.75, 3.05) is 47.7 Å². The highest BCUT2D eigenvalue weighted by Gasteiger charge is 2.37. The van der Waals surface area contributed by atoms with Crippen LogP contribution in [-0.4, -0.2) is 57.9 Å². The number of halogens is 4. The zero-order chi connectivity index (χ0) is 25.8. The summed E-state index contributed by atoms with van der Waals surface area (Å²) in [6.07, 6.45) is -5.05. The highest BCUT2D eigenvalue weighted by Crippen LogP contribution is 2.41. The van der Waals surface area contributed by atoms with Gasteiger partial charge in [-0.2, -0.15) is 13.2 Å². The smallest absolute Gasteiger partial charge is 0.418 e. The molecule has 192 valence electrons. The van der Waals surface area contributed by atoms with E-state index in [9.17, 15) is 30.8 Å². The molecule has 1 saturated heterocycles. The first-order chi connectivity index (χ1) is 16.5. The molecule has 0 aromatic heterocycles. The summed E-state index contributed by atoms with van der Waals surface area (Å²) in [4.78, 5) is 14.8. The van der Waals surface area contributed by atoms with Crippen LogP contribution in [0.3, 0.4) is 0 Å². The van der Waals surface area contributed by atoms with Crippen molar-refractivity contribution in [3.63, 3.8) is 0 Å². The Morgan fingerprint density at radius 2 is 1.60 bits per heavy atom. The molecule has 12 heteroatoms. The number of hydrogen-bond donors (Lipinski definition) is 0. The summed E-state index contributed by atoms with van der Waals surface area (Å²) >= 11 is 0. The molecule has 0 atom stereocenters. The highest BCUT2D eigenvalue weighted by molar-refractivity contribution is 7.93. The monoisotopic (exact) mass is 517 g/mol. The second-order valence-electron chi connectivity index (χ2n) is 7.93. The first-order valence-corrected chi connectivity index (χ1v) is 12.7. The number of amides is 1. The van der Waals surface area contributed by atoms with Crippen LogP contribution in [0.1, 0.15) is 25.8 Å². The molecular weight excluding hydrogens is 490 g/mol. The van der Waals surface area contributed by atoms with Gasteiger partial charge in [-0.05, 0) is 55.8 Å². The average Bonchev–Trinajstić information content (AvgIpc) is 2.80. The Labute approximate surface area is 201 Å². The molecular formula is C23H27F4N3O4S. The fraction of sp³-hybridized carbons (Fsp3) is 0.435. The molecule has 1 heterocycles. The third-order valence-electron chi connectivity index (χ3n) is 5.47. The van der Waals surface area contributed by atoms with Crippen molar-refractivity contribution in [3.05, 3.63) is 53.8 Å². The van der Waals surface area contributed by atoms with Crippen molar-refractivity contribution in [2.24, 2.45) is 0 Å². The van der Waals surface area contributed by atoms with Gasteiger partial charge in [-0.1, -0.05) is 6.92 Å². The molecule has 3 rings (SSSR count). The molecule has 35 heavy (non-hydrogen) atoms. The number of ether oxygens (including phenoxy) is 1. The minimum atomic E-state index is -4.77. The Morgan fingerprint density at radius 1 is 1.00 bits per heavy atom. The maximum Gasteiger partial charge on any atom is 0.418 e. The Bertz CT molecular complexity index is 1130. The molecule has 0 N–H and O–H groups in total. The van der Waals surface area contributed by atoms with Gasteiger partial charge in [0.15, 0.2) is 0 Å². The molecule has 0 bridgehead atoms. The van der Waals surface area contributed by atoms with Gasteiger partial charge in [0, 0.05) is 31.9 Å². The van der Waals surface area contributed by atoms with E-state index in [1.165, 1.54) is 34.1 Å². The van der Waals surface area contributed by atoms with Gasteiger partial charge in [-0.15, -0.1) is 0 Å². The number of benzene rings is 2. The zero-order valence-electron chi connectivity index (χ0n) is 19.4.